The lowest BCUT2D eigenvalue weighted by molar-refractivity contribution is 0.369. The van der Waals surface area contributed by atoms with Gasteiger partial charge in [-0.05, 0) is 31.2 Å². The predicted molar refractivity (Wildman–Crippen MR) is 116 cm³/mol. The van der Waals surface area contributed by atoms with Crippen molar-refractivity contribution in [1.82, 2.24) is 15.2 Å². The lowest BCUT2D eigenvalue weighted by Crippen LogP contribution is -2.52. The van der Waals surface area contributed by atoms with E-state index in [2.05, 4.69) is 25.1 Å². The molecule has 7 heteroatoms. The summed E-state index contributed by atoms with van der Waals surface area (Å²) in [5.74, 6) is 1.23. The molecule has 0 atom stereocenters. The van der Waals surface area contributed by atoms with Gasteiger partial charge in [-0.2, -0.15) is 0 Å². The molecule has 2 aromatic rings. The van der Waals surface area contributed by atoms with Crippen molar-refractivity contribution in [3.8, 4) is 5.75 Å². The highest BCUT2D eigenvalue weighted by Gasteiger charge is 2.21. The van der Waals surface area contributed by atoms with Crippen molar-refractivity contribution in [2.75, 3.05) is 38.1 Å². The molecule has 1 aromatic heterocycles. The summed E-state index contributed by atoms with van der Waals surface area (Å²) in [7, 11) is 1.81. The number of aromatic nitrogens is 1. The van der Waals surface area contributed by atoms with Gasteiger partial charge in [0.1, 0.15) is 5.75 Å². The van der Waals surface area contributed by atoms with Crippen LogP contribution in [-0.2, 0) is 6.54 Å². The SMILES string of the molecule is CN=C(NCc1cccc(C)n1)N1CCN(c2ccccc2O)CC1.I. The number of pyridine rings is 1. The van der Waals surface area contributed by atoms with Crippen LogP contribution in [0, 0.1) is 6.92 Å². The van der Waals surface area contributed by atoms with Gasteiger partial charge >= 0.3 is 0 Å². The number of halogens is 1. The third-order valence-electron chi connectivity index (χ3n) is 4.39. The van der Waals surface area contributed by atoms with Crippen LogP contribution in [0.4, 0.5) is 5.69 Å². The maximum absolute atomic E-state index is 10.0. The molecule has 0 spiro atoms. The van der Waals surface area contributed by atoms with Gasteiger partial charge in [-0.25, -0.2) is 0 Å². The predicted octanol–water partition coefficient (Wildman–Crippen LogP) is 2.61. The molecular weight excluding hydrogens is 441 g/mol. The molecule has 0 unspecified atom stereocenters. The number of piperazine rings is 1. The van der Waals surface area contributed by atoms with Gasteiger partial charge in [0.2, 0.25) is 0 Å². The Balaban J connectivity index is 0.00000243. The Hall–Kier alpha value is -2.03. The van der Waals surface area contributed by atoms with Crippen molar-refractivity contribution in [2.24, 2.45) is 4.99 Å². The highest BCUT2D eigenvalue weighted by atomic mass is 127. The van der Waals surface area contributed by atoms with E-state index in [9.17, 15) is 5.11 Å². The van der Waals surface area contributed by atoms with Gasteiger partial charge in [-0.3, -0.25) is 9.98 Å². The Bertz CT molecular complexity index is 744. The highest BCUT2D eigenvalue weighted by Crippen LogP contribution is 2.27. The number of phenols is 1. The number of phenolic OH excluding ortho intramolecular Hbond substituents is 1. The summed E-state index contributed by atoms with van der Waals surface area (Å²) in [6.45, 7) is 6.07. The van der Waals surface area contributed by atoms with Crippen molar-refractivity contribution in [2.45, 2.75) is 13.5 Å². The maximum Gasteiger partial charge on any atom is 0.194 e. The molecule has 1 fully saturated rings. The Labute approximate surface area is 172 Å². The van der Waals surface area contributed by atoms with Crippen molar-refractivity contribution >= 4 is 35.6 Å². The normalized spacial score (nSPS) is 14.8. The number of hydrogen-bond donors (Lipinski definition) is 2. The summed E-state index contributed by atoms with van der Waals surface area (Å²) in [5.41, 5.74) is 2.92. The van der Waals surface area contributed by atoms with Gasteiger partial charge < -0.3 is 20.2 Å². The molecule has 2 N–H and O–H groups in total. The minimum absolute atomic E-state index is 0. The molecule has 0 radical (unpaired) electrons. The smallest absolute Gasteiger partial charge is 0.194 e. The van der Waals surface area contributed by atoms with Gasteiger partial charge in [0.15, 0.2) is 5.96 Å². The fraction of sp³-hybridized carbons (Fsp3) is 0.368. The van der Waals surface area contributed by atoms with E-state index < -0.39 is 0 Å². The van der Waals surface area contributed by atoms with Gasteiger partial charge in [-0.15, -0.1) is 24.0 Å². The van der Waals surface area contributed by atoms with E-state index in [1.807, 2.05) is 43.3 Å². The van der Waals surface area contributed by atoms with Gasteiger partial charge in [0.05, 0.1) is 17.9 Å². The molecule has 3 rings (SSSR count). The summed E-state index contributed by atoms with van der Waals surface area (Å²) in [6, 6.07) is 13.5. The van der Waals surface area contributed by atoms with E-state index in [1.54, 1.807) is 13.1 Å². The minimum atomic E-state index is 0. The molecule has 0 bridgehead atoms. The zero-order chi connectivity index (χ0) is 17.6. The standard InChI is InChI=1S/C19H25N5O.HI/c1-15-6-5-7-16(22-15)14-21-19(20-2)24-12-10-23(11-13-24)17-8-3-4-9-18(17)25;/h3-9,25H,10-14H2,1-2H3,(H,20,21);1H. The summed E-state index contributed by atoms with van der Waals surface area (Å²) in [5, 5.41) is 13.4. The van der Waals surface area contributed by atoms with E-state index in [1.165, 1.54) is 0 Å². The van der Waals surface area contributed by atoms with E-state index in [4.69, 9.17) is 0 Å². The minimum Gasteiger partial charge on any atom is -0.506 e. The first kappa shape index (κ1) is 20.3. The summed E-state index contributed by atoms with van der Waals surface area (Å²) in [4.78, 5) is 13.4. The number of nitrogens with one attached hydrogen (secondary N) is 1. The van der Waals surface area contributed by atoms with Crippen LogP contribution in [0.5, 0.6) is 5.75 Å². The Morgan fingerprint density at radius 2 is 1.85 bits per heavy atom. The van der Waals surface area contributed by atoms with Crippen LogP contribution in [0.25, 0.3) is 0 Å². The lowest BCUT2D eigenvalue weighted by atomic mass is 10.2. The van der Waals surface area contributed by atoms with E-state index in [0.29, 0.717) is 12.3 Å². The zero-order valence-electron chi connectivity index (χ0n) is 15.2. The number of guanidine groups is 1. The second-order valence-electron chi connectivity index (χ2n) is 6.13. The molecule has 0 saturated carbocycles. The van der Waals surface area contributed by atoms with E-state index in [-0.39, 0.29) is 24.0 Å². The highest BCUT2D eigenvalue weighted by molar-refractivity contribution is 14.0. The fourth-order valence-corrected chi connectivity index (χ4v) is 3.09. The number of aliphatic imine (C=N–C) groups is 1. The Kier molecular flexibility index (Phi) is 7.50. The fourth-order valence-electron chi connectivity index (χ4n) is 3.09. The first-order chi connectivity index (χ1) is 12.2. The zero-order valence-corrected chi connectivity index (χ0v) is 17.6. The molecule has 26 heavy (non-hydrogen) atoms. The van der Waals surface area contributed by atoms with Crippen LogP contribution in [-0.4, -0.2) is 54.2 Å². The number of rotatable bonds is 3. The molecule has 2 heterocycles. The van der Waals surface area contributed by atoms with Crippen molar-refractivity contribution in [3.63, 3.8) is 0 Å². The number of benzene rings is 1. The molecule has 1 aliphatic heterocycles. The van der Waals surface area contributed by atoms with Crippen LogP contribution in [0.2, 0.25) is 0 Å². The molecule has 140 valence electrons. The number of nitrogens with zero attached hydrogens (tertiary/aromatic N) is 4. The third kappa shape index (κ3) is 5.00. The molecule has 0 aliphatic carbocycles. The number of para-hydroxylation sites is 2. The van der Waals surface area contributed by atoms with Crippen LogP contribution in [0.3, 0.4) is 0 Å². The van der Waals surface area contributed by atoms with E-state index in [0.717, 1.165) is 49.2 Å². The van der Waals surface area contributed by atoms with Crippen LogP contribution in [0.1, 0.15) is 11.4 Å². The first-order valence-corrected chi connectivity index (χ1v) is 8.58. The largest absolute Gasteiger partial charge is 0.506 e. The van der Waals surface area contributed by atoms with Crippen LogP contribution >= 0.6 is 24.0 Å². The molecule has 1 saturated heterocycles. The van der Waals surface area contributed by atoms with Crippen LogP contribution < -0.4 is 10.2 Å². The summed E-state index contributed by atoms with van der Waals surface area (Å²) < 4.78 is 0. The molecule has 6 nitrogen and oxygen atoms in total. The number of aryl methyl sites for hydroxylation is 1. The number of hydrogen-bond acceptors (Lipinski definition) is 4. The molecular formula is C19H26IN5O. The number of aromatic hydroxyl groups is 1. The van der Waals surface area contributed by atoms with Crippen molar-refractivity contribution in [1.29, 1.82) is 0 Å². The van der Waals surface area contributed by atoms with E-state index >= 15 is 0 Å². The third-order valence-corrected chi connectivity index (χ3v) is 4.39. The molecule has 1 aliphatic rings. The first-order valence-electron chi connectivity index (χ1n) is 8.58. The number of anilines is 1. The summed E-state index contributed by atoms with van der Waals surface area (Å²) >= 11 is 0. The topological polar surface area (TPSA) is 64.0 Å². The Morgan fingerprint density at radius 3 is 2.50 bits per heavy atom. The van der Waals surface area contributed by atoms with Gasteiger partial charge in [0, 0.05) is 38.9 Å². The van der Waals surface area contributed by atoms with Gasteiger partial charge in [0.25, 0.3) is 0 Å². The molecule has 0 amide bonds. The second-order valence-corrected chi connectivity index (χ2v) is 6.13. The van der Waals surface area contributed by atoms with Gasteiger partial charge in [-0.1, -0.05) is 18.2 Å². The average Bonchev–Trinajstić information content (AvgIpc) is 2.63. The second kappa shape index (κ2) is 9.61. The monoisotopic (exact) mass is 467 g/mol. The average molecular weight is 467 g/mol. The Morgan fingerprint density at radius 1 is 1.12 bits per heavy atom. The van der Waals surface area contributed by atoms with Crippen molar-refractivity contribution in [3.05, 3.63) is 53.9 Å². The van der Waals surface area contributed by atoms with Crippen molar-refractivity contribution < 1.29 is 5.11 Å². The lowest BCUT2D eigenvalue weighted by Gasteiger charge is -2.37. The quantitative estimate of drug-likeness (QED) is 0.413. The molecule has 1 aromatic carbocycles. The maximum atomic E-state index is 10.0. The summed E-state index contributed by atoms with van der Waals surface area (Å²) in [6.07, 6.45) is 0. The van der Waals surface area contributed by atoms with Crippen LogP contribution in [0.15, 0.2) is 47.5 Å².